The number of alkyl halides is 3. The van der Waals surface area contributed by atoms with Crippen molar-refractivity contribution in [3.63, 3.8) is 0 Å². The standard InChI is InChI=1S/C26H20Cl2F3N5O2S/c1-15-5-4-6-17(11-15)36-22(13-32-24(38)18-10-9-16(27)12-20(18)28)34-35-25(36)39-14-23(37)33-21-8-3-2-7-19(21)26(29,30)31/h2-12H,13-14H2,1H3,(H,32,38)(H,33,37). The normalized spacial score (nSPS) is 11.3. The Morgan fingerprint density at radius 2 is 1.77 bits per heavy atom. The average Bonchev–Trinajstić information content (AvgIpc) is 3.28. The van der Waals surface area contributed by atoms with Crippen LogP contribution in [0.5, 0.6) is 0 Å². The number of halogens is 5. The van der Waals surface area contributed by atoms with E-state index < -0.39 is 23.6 Å². The maximum atomic E-state index is 13.3. The van der Waals surface area contributed by atoms with Gasteiger partial charge in [-0.15, -0.1) is 10.2 Å². The van der Waals surface area contributed by atoms with Gasteiger partial charge < -0.3 is 10.6 Å². The first-order valence-corrected chi connectivity index (χ1v) is 13.1. The second-order valence-corrected chi connectivity index (χ2v) is 10.0. The number of anilines is 1. The number of carbonyl (C=O) groups excluding carboxylic acids is 2. The number of nitrogens with zero attached hydrogens (tertiary/aromatic N) is 3. The molecule has 4 aromatic rings. The second-order valence-electron chi connectivity index (χ2n) is 8.26. The molecule has 0 fully saturated rings. The van der Waals surface area contributed by atoms with Gasteiger partial charge in [-0.2, -0.15) is 13.2 Å². The maximum Gasteiger partial charge on any atom is 0.418 e. The van der Waals surface area contributed by atoms with E-state index in [1.54, 1.807) is 16.7 Å². The van der Waals surface area contributed by atoms with Crippen LogP contribution in [-0.2, 0) is 17.5 Å². The van der Waals surface area contributed by atoms with E-state index in [0.717, 1.165) is 23.4 Å². The van der Waals surface area contributed by atoms with E-state index in [2.05, 4.69) is 20.8 Å². The van der Waals surface area contributed by atoms with Gasteiger partial charge in [0.1, 0.15) is 0 Å². The summed E-state index contributed by atoms with van der Waals surface area (Å²) in [6.07, 6.45) is -4.61. The zero-order chi connectivity index (χ0) is 28.2. The highest BCUT2D eigenvalue weighted by atomic mass is 35.5. The first-order valence-electron chi connectivity index (χ1n) is 11.4. The van der Waals surface area contributed by atoms with Gasteiger partial charge in [0, 0.05) is 10.7 Å². The summed E-state index contributed by atoms with van der Waals surface area (Å²) in [6.45, 7) is 1.88. The fourth-order valence-corrected chi connectivity index (χ4v) is 4.88. The Morgan fingerprint density at radius 1 is 1.00 bits per heavy atom. The SMILES string of the molecule is Cc1cccc(-n2c(CNC(=O)c3ccc(Cl)cc3Cl)nnc2SCC(=O)Nc2ccccc2C(F)(F)F)c1. The number of thioether (sulfide) groups is 1. The molecule has 0 radical (unpaired) electrons. The number of para-hydroxylation sites is 1. The van der Waals surface area contributed by atoms with Gasteiger partial charge in [0.25, 0.3) is 5.91 Å². The highest BCUT2D eigenvalue weighted by Gasteiger charge is 2.33. The molecule has 0 aliphatic carbocycles. The number of aromatic nitrogens is 3. The molecule has 4 rings (SSSR count). The van der Waals surface area contributed by atoms with Crippen LogP contribution >= 0.6 is 35.0 Å². The van der Waals surface area contributed by atoms with Gasteiger partial charge in [-0.05, 0) is 55.0 Å². The molecule has 0 spiro atoms. The number of hydrogen-bond acceptors (Lipinski definition) is 5. The summed E-state index contributed by atoms with van der Waals surface area (Å²) in [5.74, 6) is -0.970. The lowest BCUT2D eigenvalue weighted by Crippen LogP contribution is -2.25. The van der Waals surface area contributed by atoms with Gasteiger partial charge >= 0.3 is 6.18 Å². The van der Waals surface area contributed by atoms with Crippen LogP contribution in [0, 0.1) is 6.92 Å². The van der Waals surface area contributed by atoms with Gasteiger partial charge in [-0.3, -0.25) is 14.2 Å². The minimum absolute atomic E-state index is 0.0234. The van der Waals surface area contributed by atoms with Crippen molar-refractivity contribution in [2.75, 3.05) is 11.1 Å². The Bertz CT molecular complexity index is 1530. The molecule has 0 unspecified atom stereocenters. The average molecular weight is 594 g/mol. The Labute approximate surface area is 235 Å². The predicted octanol–water partition coefficient (Wildman–Crippen LogP) is 6.56. The van der Waals surface area contributed by atoms with Gasteiger partial charge in [-0.1, -0.05) is 59.2 Å². The Balaban J connectivity index is 1.53. The second kappa shape index (κ2) is 12.1. The molecular weight excluding hydrogens is 574 g/mol. The molecular formula is C26H20Cl2F3N5O2S. The third-order valence-electron chi connectivity index (χ3n) is 5.38. The van der Waals surface area contributed by atoms with E-state index in [9.17, 15) is 22.8 Å². The lowest BCUT2D eigenvalue weighted by molar-refractivity contribution is -0.137. The van der Waals surface area contributed by atoms with Crippen LogP contribution in [0.1, 0.15) is 27.3 Å². The lowest BCUT2D eigenvalue weighted by Gasteiger charge is -2.14. The third-order valence-corrected chi connectivity index (χ3v) is 6.86. The Morgan fingerprint density at radius 3 is 2.49 bits per heavy atom. The summed E-state index contributed by atoms with van der Waals surface area (Å²) in [6, 6.07) is 16.7. The van der Waals surface area contributed by atoms with Crippen molar-refractivity contribution in [2.45, 2.75) is 24.8 Å². The van der Waals surface area contributed by atoms with Gasteiger partial charge in [0.05, 0.1) is 34.1 Å². The monoisotopic (exact) mass is 593 g/mol. The van der Waals surface area contributed by atoms with Gasteiger partial charge in [0.15, 0.2) is 11.0 Å². The Hall–Kier alpha value is -3.54. The van der Waals surface area contributed by atoms with Crippen molar-refractivity contribution in [3.8, 4) is 5.69 Å². The first kappa shape index (κ1) is 28.5. The van der Waals surface area contributed by atoms with E-state index in [0.29, 0.717) is 21.7 Å². The fourth-order valence-electron chi connectivity index (χ4n) is 3.62. The zero-order valence-corrected chi connectivity index (χ0v) is 22.5. The topological polar surface area (TPSA) is 88.9 Å². The highest BCUT2D eigenvalue weighted by Crippen LogP contribution is 2.34. The van der Waals surface area contributed by atoms with Crippen LogP contribution in [0.4, 0.5) is 18.9 Å². The van der Waals surface area contributed by atoms with Crippen molar-refractivity contribution in [2.24, 2.45) is 0 Å². The fraction of sp³-hybridized carbons (Fsp3) is 0.154. The highest BCUT2D eigenvalue weighted by molar-refractivity contribution is 7.99. The molecule has 0 aliphatic heterocycles. The molecule has 202 valence electrons. The molecule has 1 heterocycles. The summed E-state index contributed by atoms with van der Waals surface area (Å²) in [4.78, 5) is 25.3. The smallest absolute Gasteiger partial charge is 0.345 e. The van der Waals surface area contributed by atoms with Crippen LogP contribution in [0.3, 0.4) is 0 Å². The number of amides is 2. The molecule has 1 aromatic heterocycles. The number of nitrogens with one attached hydrogen (secondary N) is 2. The molecule has 0 bridgehead atoms. The van der Waals surface area contributed by atoms with Crippen molar-refractivity contribution in [1.82, 2.24) is 20.1 Å². The van der Waals surface area contributed by atoms with E-state index in [1.807, 2.05) is 25.1 Å². The molecule has 0 aliphatic rings. The summed E-state index contributed by atoms with van der Waals surface area (Å²) >= 11 is 13.0. The zero-order valence-electron chi connectivity index (χ0n) is 20.2. The van der Waals surface area contributed by atoms with Crippen LogP contribution in [0.2, 0.25) is 10.0 Å². The quantitative estimate of drug-likeness (QED) is 0.226. The van der Waals surface area contributed by atoms with Crippen LogP contribution < -0.4 is 10.6 Å². The van der Waals surface area contributed by atoms with Crippen molar-refractivity contribution in [1.29, 1.82) is 0 Å². The molecule has 0 saturated carbocycles. The lowest BCUT2D eigenvalue weighted by atomic mass is 10.1. The largest absolute Gasteiger partial charge is 0.418 e. The number of hydrogen-bond donors (Lipinski definition) is 2. The van der Waals surface area contributed by atoms with E-state index >= 15 is 0 Å². The number of carbonyl (C=O) groups is 2. The number of rotatable bonds is 8. The van der Waals surface area contributed by atoms with Gasteiger partial charge in [0.2, 0.25) is 5.91 Å². The van der Waals surface area contributed by atoms with Crippen LogP contribution in [0.15, 0.2) is 71.9 Å². The van der Waals surface area contributed by atoms with E-state index in [1.165, 1.54) is 30.3 Å². The molecule has 39 heavy (non-hydrogen) atoms. The molecule has 3 aromatic carbocycles. The maximum absolute atomic E-state index is 13.3. The summed E-state index contributed by atoms with van der Waals surface area (Å²) in [7, 11) is 0. The molecule has 2 amide bonds. The minimum Gasteiger partial charge on any atom is -0.345 e. The number of benzene rings is 3. The third kappa shape index (κ3) is 7.11. The summed E-state index contributed by atoms with van der Waals surface area (Å²) < 4.78 is 41.5. The van der Waals surface area contributed by atoms with Crippen molar-refractivity contribution >= 4 is 52.5 Å². The summed E-state index contributed by atoms with van der Waals surface area (Å²) in [5, 5.41) is 14.3. The van der Waals surface area contributed by atoms with Crippen molar-refractivity contribution < 1.29 is 22.8 Å². The van der Waals surface area contributed by atoms with E-state index in [4.69, 9.17) is 23.2 Å². The summed E-state index contributed by atoms with van der Waals surface area (Å²) in [5.41, 5.74) is 0.582. The van der Waals surface area contributed by atoms with Crippen LogP contribution in [0.25, 0.3) is 5.69 Å². The predicted molar refractivity (Wildman–Crippen MR) is 145 cm³/mol. The Kier molecular flexibility index (Phi) is 8.83. The molecule has 0 saturated heterocycles. The van der Waals surface area contributed by atoms with Gasteiger partial charge in [-0.25, -0.2) is 0 Å². The first-order chi connectivity index (χ1) is 18.5. The minimum atomic E-state index is -4.61. The molecule has 0 atom stereocenters. The molecule has 2 N–H and O–H groups in total. The van der Waals surface area contributed by atoms with Crippen LogP contribution in [-0.4, -0.2) is 32.3 Å². The number of aryl methyl sites for hydroxylation is 1. The molecule has 13 heteroatoms. The van der Waals surface area contributed by atoms with E-state index in [-0.39, 0.29) is 28.6 Å². The molecule has 7 nitrogen and oxygen atoms in total. The van der Waals surface area contributed by atoms with Crippen molar-refractivity contribution in [3.05, 3.63) is 99.3 Å².